The van der Waals surface area contributed by atoms with Gasteiger partial charge in [0.25, 0.3) is 0 Å². The summed E-state index contributed by atoms with van der Waals surface area (Å²) in [5.74, 6) is 0.555. The van der Waals surface area contributed by atoms with E-state index in [1.165, 1.54) is 0 Å². The van der Waals surface area contributed by atoms with Crippen molar-refractivity contribution in [1.82, 2.24) is 10.3 Å². The van der Waals surface area contributed by atoms with Crippen molar-refractivity contribution in [3.05, 3.63) is 17.3 Å². The monoisotopic (exact) mass is 226 g/mol. The molecule has 1 fully saturated rings. The predicted octanol–water partition coefficient (Wildman–Crippen LogP) is 0.253. The number of rotatable bonds is 1. The van der Waals surface area contributed by atoms with Crippen LogP contribution in [0.3, 0.4) is 0 Å². The zero-order chi connectivity index (χ0) is 10.8. The molecule has 2 rings (SSSR count). The van der Waals surface area contributed by atoms with Crippen LogP contribution in [0.4, 0.5) is 11.5 Å². The molecule has 15 heavy (non-hydrogen) atoms. The Morgan fingerprint density at radius 1 is 1.53 bits per heavy atom. The fourth-order valence-electron chi connectivity index (χ4n) is 1.51. The maximum atomic E-state index is 11.2. The maximum absolute atomic E-state index is 11.2. The van der Waals surface area contributed by atoms with E-state index in [0.717, 1.165) is 0 Å². The van der Waals surface area contributed by atoms with Gasteiger partial charge in [-0.3, -0.25) is 4.79 Å². The van der Waals surface area contributed by atoms with E-state index in [1.807, 2.05) is 4.90 Å². The lowest BCUT2D eigenvalue weighted by Gasteiger charge is -2.28. The van der Waals surface area contributed by atoms with Gasteiger partial charge in [0.15, 0.2) is 5.82 Å². The van der Waals surface area contributed by atoms with Crippen molar-refractivity contribution in [2.45, 2.75) is 0 Å². The molecule has 0 radical (unpaired) electrons. The largest absolute Gasteiger partial charge is 0.396 e. The van der Waals surface area contributed by atoms with Crippen molar-refractivity contribution < 1.29 is 4.79 Å². The van der Waals surface area contributed by atoms with Crippen LogP contribution in [-0.2, 0) is 4.79 Å². The average molecular weight is 227 g/mol. The van der Waals surface area contributed by atoms with E-state index < -0.39 is 0 Å². The summed E-state index contributed by atoms with van der Waals surface area (Å²) in [5.41, 5.74) is 6.31. The average Bonchev–Trinajstić information content (AvgIpc) is 2.22. The van der Waals surface area contributed by atoms with Crippen LogP contribution in [0, 0.1) is 0 Å². The Labute approximate surface area is 92.2 Å². The van der Waals surface area contributed by atoms with E-state index in [0.29, 0.717) is 29.7 Å². The van der Waals surface area contributed by atoms with Crippen LogP contribution in [0.25, 0.3) is 0 Å². The number of carbonyl (C=O) groups is 1. The zero-order valence-electron chi connectivity index (χ0n) is 8.03. The van der Waals surface area contributed by atoms with Crippen molar-refractivity contribution in [3.63, 3.8) is 0 Å². The standard InChI is InChI=1S/C9H11ClN4O/c10-7-2-1-6(11)9(13-7)14-4-3-12-8(15)5-14/h1-2H,3-5,11H2,(H,12,15). The van der Waals surface area contributed by atoms with Crippen LogP contribution in [0.1, 0.15) is 0 Å². The van der Waals surface area contributed by atoms with E-state index in [-0.39, 0.29) is 12.5 Å². The van der Waals surface area contributed by atoms with Gasteiger partial charge < -0.3 is 16.0 Å². The first-order valence-electron chi connectivity index (χ1n) is 4.60. The summed E-state index contributed by atoms with van der Waals surface area (Å²) in [4.78, 5) is 17.1. The highest BCUT2D eigenvalue weighted by atomic mass is 35.5. The summed E-state index contributed by atoms with van der Waals surface area (Å²) in [6.45, 7) is 1.58. The summed E-state index contributed by atoms with van der Waals surface area (Å²) in [6.07, 6.45) is 0. The number of nitrogens with two attached hydrogens (primary N) is 1. The number of carbonyl (C=O) groups excluding carboxylic acids is 1. The van der Waals surface area contributed by atoms with Gasteiger partial charge in [-0.2, -0.15) is 0 Å². The Morgan fingerprint density at radius 3 is 3.07 bits per heavy atom. The molecule has 0 saturated carbocycles. The molecular formula is C9H11ClN4O. The van der Waals surface area contributed by atoms with Crippen LogP contribution >= 0.6 is 11.6 Å². The number of hydrogen-bond donors (Lipinski definition) is 2. The third kappa shape index (κ3) is 2.12. The number of aromatic nitrogens is 1. The molecule has 6 heteroatoms. The topological polar surface area (TPSA) is 71.2 Å². The highest BCUT2D eigenvalue weighted by molar-refractivity contribution is 6.29. The van der Waals surface area contributed by atoms with Crippen LogP contribution in [0.15, 0.2) is 12.1 Å². The van der Waals surface area contributed by atoms with Gasteiger partial charge in [-0.1, -0.05) is 11.6 Å². The number of piperazine rings is 1. The number of anilines is 2. The van der Waals surface area contributed by atoms with Gasteiger partial charge in [0.05, 0.1) is 12.2 Å². The molecule has 5 nitrogen and oxygen atoms in total. The summed E-state index contributed by atoms with van der Waals surface area (Å²) < 4.78 is 0. The third-order valence-electron chi connectivity index (χ3n) is 2.21. The second-order valence-corrected chi connectivity index (χ2v) is 3.71. The number of amides is 1. The van der Waals surface area contributed by atoms with Crippen molar-refractivity contribution in [3.8, 4) is 0 Å². The normalized spacial score (nSPS) is 16.3. The Kier molecular flexibility index (Phi) is 2.64. The second-order valence-electron chi connectivity index (χ2n) is 3.32. The van der Waals surface area contributed by atoms with Gasteiger partial charge in [-0.25, -0.2) is 4.98 Å². The fraction of sp³-hybridized carbons (Fsp3) is 0.333. The van der Waals surface area contributed by atoms with Crippen molar-refractivity contribution in [2.24, 2.45) is 0 Å². The minimum Gasteiger partial charge on any atom is -0.396 e. The number of halogens is 1. The molecule has 1 amide bonds. The van der Waals surface area contributed by atoms with E-state index in [9.17, 15) is 4.79 Å². The second kappa shape index (κ2) is 3.94. The van der Waals surface area contributed by atoms with E-state index in [4.69, 9.17) is 17.3 Å². The molecule has 0 bridgehead atoms. The Balaban J connectivity index is 2.27. The molecule has 80 valence electrons. The molecule has 3 N–H and O–H groups in total. The first-order chi connectivity index (χ1) is 7.16. The first kappa shape index (κ1) is 10.0. The lowest BCUT2D eigenvalue weighted by Crippen LogP contribution is -2.48. The van der Waals surface area contributed by atoms with Crippen LogP contribution in [0.2, 0.25) is 5.15 Å². The summed E-state index contributed by atoms with van der Waals surface area (Å²) >= 11 is 5.78. The number of nitrogens with zero attached hydrogens (tertiary/aromatic N) is 2. The van der Waals surface area contributed by atoms with Gasteiger partial charge in [0, 0.05) is 13.1 Å². The fourth-order valence-corrected chi connectivity index (χ4v) is 1.65. The number of pyridine rings is 1. The van der Waals surface area contributed by atoms with Gasteiger partial charge in [-0.05, 0) is 12.1 Å². The molecule has 0 aromatic carbocycles. The van der Waals surface area contributed by atoms with Gasteiger partial charge >= 0.3 is 0 Å². The number of hydrogen-bond acceptors (Lipinski definition) is 4. The molecule has 0 unspecified atom stereocenters. The van der Waals surface area contributed by atoms with E-state index in [1.54, 1.807) is 12.1 Å². The van der Waals surface area contributed by atoms with E-state index >= 15 is 0 Å². The summed E-state index contributed by atoms with van der Waals surface area (Å²) in [7, 11) is 0. The quantitative estimate of drug-likeness (QED) is 0.674. The predicted molar refractivity (Wildman–Crippen MR) is 58.9 cm³/mol. The van der Waals surface area contributed by atoms with Gasteiger partial charge in [0.2, 0.25) is 5.91 Å². The van der Waals surface area contributed by atoms with Crippen molar-refractivity contribution >= 4 is 29.0 Å². The first-order valence-corrected chi connectivity index (χ1v) is 4.98. The van der Waals surface area contributed by atoms with Crippen LogP contribution in [0.5, 0.6) is 0 Å². The van der Waals surface area contributed by atoms with Crippen LogP contribution in [-0.4, -0.2) is 30.5 Å². The smallest absolute Gasteiger partial charge is 0.239 e. The summed E-state index contributed by atoms with van der Waals surface area (Å²) in [6, 6.07) is 3.32. The Hall–Kier alpha value is -1.49. The van der Waals surface area contributed by atoms with Gasteiger partial charge in [-0.15, -0.1) is 0 Å². The van der Waals surface area contributed by atoms with E-state index in [2.05, 4.69) is 10.3 Å². The minimum atomic E-state index is -0.0255. The molecule has 1 aromatic heterocycles. The number of nitrogens with one attached hydrogen (secondary N) is 1. The molecule has 1 aliphatic heterocycles. The lowest BCUT2D eigenvalue weighted by molar-refractivity contribution is -0.120. The molecule has 1 aromatic rings. The van der Waals surface area contributed by atoms with Gasteiger partial charge in [0.1, 0.15) is 5.15 Å². The summed E-state index contributed by atoms with van der Waals surface area (Å²) in [5, 5.41) is 3.11. The van der Waals surface area contributed by atoms with Crippen molar-refractivity contribution in [1.29, 1.82) is 0 Å². The SMILES string of the molecule is Nc1ccc(Cl)nc1N1CCNC(=O)C1. The Bertz CT molecular complexity index is 396. The third-order valence-corrected chi connectivity index (χ3v) is 2.42. The maximum Gasteiger partial charge on any atom is 0.239 e. The highest BCUT2D eigenvalue weighted by Gasteiger charge is 2.19. The molecule has 1 aliphatic rings. The molecule has 1 saturated heterocycles. The molecular weight excluding hydrogens is 216 g/mol. The minimum absolute atomic E-state index is 0.0255. The molecule has 0 atom stereocenters. The highest BCUT2D eigenvalue weighted by Crippen LogP contribution is 2.22. The molecule has 2 heterocycles. The number of nitrogen functional groups attached to an aromatic ring is 1. The van der Waals surface area contributed by atoms with Crippen LogP contribution < -0.4 is 16.0 Å². The molecule has 0 spiro atoms. The van der Waals surface area contributed by atoms with Crippen molar-refractivity contribution in [2.75, 3.05) is 30.3 Å². The molecule has 0 aliphatic carbocycles. The Morgan fingerprint density at radius 2 is 2.33 bits per heavy atom. The lowest BCUT2D eigenvalue weighted by atomic mass is 10.3. The zero-order valence-corrected chi connectivity index (χ0v) is 8.79.